The largest absolute Gasteiger partial charge is 0.366 e. The molecule has 0 aliphatic carbocycles. The number of fused-ring (bicyclic) bond motifs is 2. The van der Waals surface area contributed by atoms with Crippen LogP contribution < -0.4 is 15.1 Å². The first-order valence-corrected chi connectivity index (χ1v) is 12.5. The molecule has 5 aromatic rings. The molecule has 1 aliphatic heterocycles. The van der Waals surface area contributed by atoms with Gasteiger partial charge >= 0.3 is 0 Å². The molecule has 1 saturated heterocycles. The molecule has 1 aliphatic rings. The fourth-order valence-electron chi connectivity index (χ4n) is 4.70. The lowest BCUT2D eigenvalue weighted by molar-refractivity contribution is 0.103. The highest BCUT2D eigenvalue weighted by molar-refractivity contribution is 7.20. The zero-order valence-corrected chi connectivity index (χ0v) is 20.4. The van der Waals surface area contributed by atoms with E-state index in [1.165, 1.54) is 17.4 Å². The van der Waals surface area contributed by atoms with Crippen LogP contribution in [0.1, 0.15) is 15.2 Å². The standard InChI is InChI=1S/C27H23FN6OS/c1-17-23-25(34-12-10-33(11-13-34)22-9-5-3-7-20(22)28)30-16-31-27(23)36-24(17)26(35)32-19-14-18-6-2-4-8-21(18)29-15-19/h2-9,14-16H,10-13H2,1H3,(H,32,35). The summed E-state index contributed by atoms with van der Waals surface area (Å²) in [5, 5.41) is 4.84. The number of para-hydroxylation sites is 2. The summed E-state index contributed by atoms with van der Waals surface area (Å²) in [5.74, 6) is 0.414. The molecule has 7 nitrogen and oxygen atoms in total. The average Bonchev–Trinajstić information content (AvgIpc) is 3.26. The first-order chi connectivity index (χ1) is 17.6. The molecule has 1 N–H and O–H groups in total. The van der Waals surface area contributed by atoms with Crippen LogP contribution in [-0.2, 0) is 0 Å². The second-order valence-corrected chi connectivity index (χ2v) is 9.73. The summed E-state index contributed by atoms with van der Waals surface area (Å²) in [4.78, 5) is 32.3. The molecule has 0 saturated carbocycles. The number of nitrogens with one attached hydrogen (secondary N) is 1. The van der Waals surface area contributed by atoms with Gasteiger partial charge in [-0.1, -0.05) is 30.3 Å². The maximum atomic E-state index is 14.3. The third-order valence-electron chi connectivity index (χ3n) is 6.53. The zero-order chi connectivity index (χ0) is 24.6. The van der Waals surface area contributed by atoms with Crippen molar-refractivity contribution in [1.29, 1.82) is 0 Å². The monoisotopic (exact) mass is 498 g/mol. The highest BCUT2D eigenvalue weighted by Crippen LogP contribution is 2.36. The van der Waals surface area contributed by atoms with Crippen molar-refractivity contribution in [2.45, 2.75) is 6.92 Å². The Balaban J connectivity index is 1.25. The van der Waals surface area contributed by atoms with Crippen LogP contribution in [0.3, 0.4) is 0 Å². The van der Waals surface area contributed by atoms with Crippen molar-refractivity contribution < 1.29 is 9.18 Å². The van der Waals surface area contributed by atoms with Gasteiger partial charge in [-0.3, -0.25) is 9.78 Å². The van der Waals surface area contributed by atoms with E-state index in [1.54, 1.807) is 18.6 Å². The number of benzene rings is 2. The summed E-state index contributed by atoms with van der Waals surface area (Å²) in [6.45, 7) is 4.69. The van der Waals surface area contributed by atoms with Gasteiger partial charge in [-0.15, -0.1) is 11.3 Å². The van der Waals surface area contributed by atoms with Crippen LogP contribution in [0.4, 0.5) is 21.6 Å². The zero-order valence-electron chi connectivity index (χ0n) is 19.6. The van der Waals surface area contributed by atoms with E-state index >= 15 is 0 Å². The van der Waals surface area contributed by atoms with E-state index in [0.717, 1.165) is 32.5 Å². The number of carbonyl (C=O) groups excluding carboxylic acids is 1. The van der Waals surface area contributed by atoms with Crippen LogP contribution in [0.25, 0.3) is 21.1 Å². The van der Waals surface area contributed by atoms with Gasteiger partial charge in [-0.05, 0) is 36.8 Å². The third-order valence-corrected chi connectivity index (χ3v) is 7.73. The van der Waals surface area contributed by atoms with Crippen LogP contribution in [0.15, 0.2) is 67.1 Å². The number of amides is 1. The number of pyridine rings is 1. The van der Waals surface area contributed by atoms with Crippen LogP contribution in [0.2, 0.25) is 0 Å². The molecule has 0 bridgehead atoms. The number of rotatable bonds is 4. The summed E-state index contributed by atoms with van der Waals surface area (Å²) in [7, 11) is 0. The molecule has 0 atom stereocenters. The molecule has 1 fully saturated rings. The van der Waals surface area contributed by atoms with Crippen LogP contribution in [-0.4, -0.2) is 47.0 Å². The van der Waals surface area contributed by atoms with Crippen molar-refractivity contribution in [2.75, 3.05) is 41.3 Å². The Labute approximate surface area is 211 Å². The number of hydrogen-bond acceptors (Lipinski definition) is 7. The van der Waals surface area contributed by atoms with E-state index in [2.05, 4.69) is 30.1 Å². The quantitative estimate of drug-likeness (QED) is 0.364. The lowest BCUT2D eigenvalue weighted by Gasteiger charge is -2.37. The average molecular weight is 499 g/mol. The second-order valence-electron chi connectivity index (χ2n) is 8.73. The predicted molar refractivity (Wildman–Crippen MR) is 143 cm³/mol. The maximum Gasteiger partial charge on any atom is 0.266 e. The van der Waals surface area contributed by atoms with Crippen molar-refractivity contribution >= 4 is 55.6 Å². The SMILES string of the molecule is Cc1c(C(=O)Nc2cnc3ccccc3c2)sc2ncnc(N3CCN(c4ccccc4F)CC3)c12. The molecule has 180 valence electrons. The number of halogens is 1. The van der Waals surface area contributed by atoms with Crippen LogP contribution in [0, 0.1) is 12.7 Å². The maximum absolute atomic E-state index is 14.3. The number of carbonyl (C=O) groups is 1. The van der Waals surface area contributed by atoms with Crippen molar-refractivity contribution in [2.24, 2.45) is 0 Å². The van der Waals surface area contributed by atoms with Crippen molar-refractivity contribution in [3.63, 3.8) is 0 Å². The third kappa shape index (κ3) is 4.01. The minimum Gasteiger partial charge on any atom is -0.366 e. The number of aromatic nitrogens is 3. The Hall–Kier alpha value is -4.11. The van der Waals surface area contributed by atoms with Gasteiger partial charge in [0.25, 0.3) is 5.91 Å². The van der Waals surface area contributed by atoms with Crippen molar-refractivity contribution in [1.82, 2.24) is 15.0 Å². The van der Waals surface area contributed by atoms with E-state index in [4.69, 9.17) is 0 Å². The topological polar surface area (TPSA) is 74.2 Å². The molecule has 0 radical (unpaired) electrons. The second kappa shape index (κ2) is 9.16. The Morgan fingerprint density at radius 3 is 2.56 bits per heavy atom. The number of thiophene rings is 1. The summed E-state index contributed by atoms with van der Waals surface area (Å²) >= 11 is 1.36. The van der Waals surface area contributed by atoms with Gasteiger partial charge in [-0.2, -0.15) is 0 Å². The Morgan fingerprint density at radius 2 is 1.72 bits per heavy atom. The minimum absolute atomic E-state index is 0.192. The lowest BCUT2D eigenvalue weighted by atomic mass is 10.1. The van der Waals surface area contributed by atoms with Crippen LogP contribution in [0.5, 0.6) is 0 Å². The van der Waals surface area contributed by atoms with E-state index in [9.17, 15) is 9.18 Å². The Bertz CT molecular complexity index is 1590. The smallest absolute Gasteiger partial charge is 0.266 e. The molecule has 6 rings (SSSR count). The summed E-state index contributed by atoms with van der Waals surface area (Å²) in [5.41, 5.74) is 3.00. The van der Waals surface area contributed by atoms with E-state index in [1.807, 2.05) is 49.4 Å². The van der Waals surface area contributed by atoms with Crippen LogP contribution >= 0.6 is 11.3 Å². The minimum atomic E-state index is -0.207. The molecule has 0 spiro atoms. The number of hydrogen-bond donors (Lipinski definition) is 1. The molecular formula is C27H23FN6OS. The van der Waals surface area contributed by atoms with Gasteiger partial charge in [0.05, 0.1) is 33.4 Å². The molecule has 1 amide bonds. The summed E-state index contributed by atoms with van der Waals surface area (Å²) in [6.07, 6.45) is 3.22. The Morgan fingerprint density at radius 1 is 0.972 bits per heavy atom. The number of anilines is 3. The molecule has 0 unspecified atom stereocenters. The number of aryl methyl sites for hydroxylation is 1. The fourth-order valence-corrected chi connectivity index (χ4v) is 5.74. The molecule has 4 heterocycles. The van der Waals surface area contributed by atoms with Crippen molar-refractivity contribution in [3.8, 4) is 0 Å². The van der Waals surface area contributed by atoms with Gasteiger partial charge in [0.2, 0.25) is 0 Å². The lowest BCUT2D eigenvalue weighted by Crippen LogP contribution is -2.47. The van der Waals surface area contributed by atoms with E-state index in [-0.39, 0.29) is 11.7 Å². The molecular weight excluding hydrogens is 475 g/mol. The van der Waals surface area contributed by atoms with Crippen molar-refractivity contribution in [3.05, 3.63) is 83.4 Å². The van der Waals surface area contributed by atoms with Gasteiger partial charge in [-0.25, -0.2) is 14.4 Å². The molecule has 36 heavy (non-hydrogen) atoms. The molecule has 2 aromatic carbocycles. The van der Waals surface area contributed by atoms with Gasteiger partial charge in [0, 0.05) is 31.6 Å². The van der Waals surface area contributed by atoms with Gasteiger partial charge < -0.3 is 15.1 Å². The Kier molecular flexibility index (Phi) is 5.69. The predicted octanol–water partition coefficient (Wildman–Crippen LogP) is 5.27. The fraction of sp³-hybridized carbons (Fsp3) is 0.185. The summed E-state index contributed by atoms with van der Waals surface area (Å²) < 4.78 is 14.3. The highest BCUT2D eigenvalue weighted by Gasteiger charge is 2.25. The normalized spacial score (nSPS) is 13.9. The van der Waals surface area contributed by atoms with E-state index in [0.29, 0.717) is 42.4 Å². The molecule has 3 aromatic heterocycles. The highest BCUT2D eigenvalue weighted by atomic mass is 32.1. The van der Waals surface area contributed by atoms with Gasteiger partial charge in [0.15, 0.2) is 0 Å². The summed E-state index contributed by atoms with van der Waals surface area (Å²) in [6, 6.07) is 16.6. The first kappa shape index (κ1) is 22.4. The van der Waals surface area contributed by atoms with E-state index < -0.39 is 0 Å². The number of piperazine rings is 1. The number of nitrogens with zero attached hydrogens (tertiary/aromatic N) is 5. The first-order valence-electron chi connectivity index (χ1n) is 11.7. The van der Waals surface area contributed by atoms with Gasteiger partial charge in [0.1, 0.15) is 22.8 Å². The molecule has 9 heteroatoms.